The van der Waals surface area contributed by atoms with Crippen LogP contribution in [0.4, 0.5) is 0 Å². The highest BCUT2D eigenvalue weighted by atomic mass is 31.2. The summed E-state index contributed by atoms with van der Waals surface area (Å²) in [5.41, 5.74) is 0. The third kappa shape index (κ3) is 62.8. The molecule has 8 nitrogen and oxygen atoms in total. The van der Waals surface area contributed by atoms with Crippen molar-refractivity contribution in [3.05, 3.63) is 12.2 Å². The highest BCUT2D eigenvalue weighted by molar-refractivity contribution is 7.45. The maximum absolute atomic E-state index is 13.0. The van der Waals surface area contributed by atoms with Gasteiger partial charge in [-0.15, -0.1) is 0 Å². The molecule has 3 unspecified atom stereocenters. The minimum Gasteiger partial charge on any atom is -0.756 e. The molecule has 0 rings (SSSR count). The first kappa shape index (κ1) is 77.2. The maximum atomic E-state index is 13.0. The van der Waals surface area contributed by atoms with Gasteiger partial charge in [-0.25, -0.2) is 0 Å². The molecule has 0 aromatic carbocycles. The number of amides is 1. The van der Waals surface area contributed by atoms with Gasteiger partial charge in [0.05, 0.1) is 39.9 Å². The molecule has 0 heterocycles. The number of aliphatic hydroxyl groups is 1. The number of phosphoric ester groups is 1. The van der Waals surface area contributed by atoms with E-state index in [1.807, 2.05) is 21.1 Å². The predicted octanol–water partition coefficient (Wildman–Crippen LogP) is 21.5. The molecule has 0 radical (unpaired) electrons. The van der Waals surface area contributed by atoms with E-state index in [4.69, 9.17) is 9.05 Å². The Kier molecular flexibility index (Phi) is 60.2. The number of aliphatic hydroxyl groups excluding tert-OH is 1. The van der Waals surface area contributed by atoms with Crippen molar-refractivity contribution in [3.8, 4) is 0 Å². The van der Waals surface area contributed by atoms with Crippen LogP contribution < -0.4 is 10.2 Å². The number of hydrogen-bond donors (Lipinski definition) is 2. The molecule has 0 aliphatic carbocycles. The van der Waals surface area contributed by atoms with Gasteiger partial charge in [-0.2, -0.15) is 0 Å². The number of hydrogen-bond acceptors (Lipinski definition) is 6. The van der Waals surface area contributed by atoms with Crippen molar-refractivity contribution in [1.29, 1.82) is 0 Å². The first-order valence-corrected chi connectivity index (χ1v) is 36.5. The van der Waals surface area contributed by atoms with Crippen LogP contribution in [0.15, 0.2) is 12.2 Å². The van der Waals surface area contributed by atoms with Crippen molar-refractivity contribution in [2.75, 3.05) is 40.9 Å². The number of likely N-dealkylation sites (N-methyl/N-ethyl adjacent to an activating group) is 1. The lowest BCUT2D eigenvalue weighted by Gasteiger charge is -2.30. The third-order valence-corrected chi connectivity index (χ3v) is 17.5. The summed E-state index contributed by atoms with van der Waals surface area (Å²) in [7, 11) is 1.33. The zero-order chi connectivity index (χ0) is 57.0. The number of quaternary nitrogens is 1. The molecule has 1 amide bonds. The van der Waals surface area contributed by atoms with Crippen LogP contribution in [0.25, 0.3) is 0 Å². The standard InChI is InChI=1S/C69H139N2O6P/c1-6-8-10-12-14-16-18-20-22-24-26-27-28-29-30-31-32-33-34-35-36-37-38-39-40-41-42-43-45-47-49-51-53-55-57-59-61-63-69(73)70-67(66-77-78(74,75)76-65-64-71(3,4)5)68(72)62-60-58-56-54-52-50-48-46-44-25-23-21-19-17-15-13-11-9-7-2/h33-34,67-68,72H,6-32,35-66H2,1-5H3,(H-,70,73,74,75)/b34-33-. The van der Waals surface area contributed by atoms with E-state index in [9.17, 15) is 19.4 Å². The van der Waals surface area contributed by atoms with E-state index in [1.54, 1.807) is 0 Å². The van der Waals surface area contributed by atoms with Gasteiger partial charge < -0.3 is 28.8 Å². The van der Waals surface area contributed by atoms with Crippen LogP contribution in [-0.2, 0) is 18.4 Å². The number of carbonyl (C=O) groups is 1. The van der Waals surface area contributed by atoms with Crippen LogP contribution in [0.2, 0.25) is 0 Å². The summed E-state index contributed by atoms with van der Waals surface area (Å²) in [5, 5.41) is 14.1. The fourth-order valence-corrected chi connectivity index (χ4v) is 11.8. The van der Waals surface area contributed by atoms with E-state index in [-0.39, 0.29) is 19.1 Å². The van der Waals surface area contributed by atoms with Gasteiger partial charge in [-0.1, -0.05) is 341 Å². The third-order valence-electron chi connectivity index (χ3n) is 16.5. The number of phosphoric acid groups is 1. The maximum Gasteiger partial charge on any atom is 0.268 e. The first-order valence-electron chi connectivity index (χ1n) is 35.0. The smallest absolute Gasteiger partial charge is 0.268 e. The molecule has 0 bridgehead atoms. The van der Waals surface area contributed by atoms with Crippen molar-refractivity contribution >= 4 is 13.7 Å². The molecule has 466 valence electrons. The molecular formula is C69H139N2O6P. The number of unbranched alkanes of at least 4 members (excludes halogenated alkanes) is 51. The fraction of sp³-hybridized carbons (Fsp3) is 0.957. The molecule has 2 N–H and O–H groups in total. The van der Waals surface area contributed by atoms with E-state index in [0.717, 1.165) is 38.5 Å². The first-order chi connectivity index (χ1) is 38.0. The zero-order valence-corrected chi connectivity index (χ0v) is 54.3. The Labute approximate surface area is 488 Å². The molecule has 0 aromatic heterocycles. The van der Waals surface area contributed by atoms with Crippen LogP contribution in [0.5, 0.6) is 0 Å². The Morgan fingerprint density at radius 2 is 0.705 bits per heavy atom. The van der Waals surface area contributed by atoms with Gasteiger partial charge >= 0.3 is 0 Å². The Morgan fingerprint density at radius 3 is 1.00 bits per heavy atom. The minimum atomic E-state index is -4.57. The van der Waals surface area contributed by atoms with Gasteiger partial charge in [0.1, 0.15) is 13.2 Å². The Hall–Kier alpha value is -0.760. The van der Waals surface area contributed by atoms with Gasteiger partial charge in [-0.05, 0) is 38.5 Å². The molecule has 0 aromatic rings. The molecule has 78 heavy (non-hydrogen) atoms. The van der Waals surface area contributed by atoms with Gasteiger partial charge in [0.25, 0.3) is 7.82 Å². The molecular weight excluding hydrogens is 984 g/mol. The molecule has 0 aliphatic rings. The van der Waals surface area contributed by atoms with Crippen molar-refractivity contribution in [1.82, 2.24) is 5.32 Å². The second-order valence-electron chi connectivity index (χ2n) is 25.6. The predicted molar refractivity (Wildman–Crippen MR) is 339 cm³/mol. The Bertz CT molecular complexity index is 1280. The van der Waals surface area contributed by atoms with Gasteiger partial charge in [-0.3, -0.25) is 9.36 Å². The van der Waals surface area contributed by atoms with E-state index in [0.29, 0.717) is 23.9 Å². The molecule has 0 spiro atoms. The molecule has 0 fully saturated rings. The summed E-state index contributed by atoms with van der Waals surface area (Å²) in [6.07, 6.45) is 77.3. The largest absolute Gasteiger partial charge is 0.756 e. The Morgan fingerprint density at radius 1 is 0.436 bits per heavy atom. The average molecular weight is 1120 g/mol. The monoisotopic (exact) mass is 1120 g/mol. The van der Waals surface area contributed by atoms with E-state index < -0.39 is 20.0 Å². The quantitative estimate of drug-likeness (QED) is 0.0272. The van der Waals surface area contributed by atoms with E-state index in [2.05, 4.69) is 31.3 Å². The average Bonchev–Trinajstić information content (AvgIpc) is 3.41. The molecule has 0 aliphatic heterocycles. The highest BCUT2D eigenvalue weighted by Gasteiger charge is 2.24. The van der Waals surface area contributed by atoms with Gasteiger partial charge in [0.15, 0.2) is 0 Å². The zero-order valence-electron chi connectivity index (χ0n) is 53.4. The number of carbonyl (C=O) groups excluding carboxylic acids is 1. The van der Waals surface area contributed by atoms with Crippen molar-refractivity contribution in [2.45, 2.75) is 386 Å². The van der Waals surface area contributed by atoms with Gasteiger partial charge in [0, 0.05) is 6.42 Å². The van der Waals surface area contributed by atoms with Crippen LogP contribution in [-0.4, -0.2) is 68.5 Å². The van der Waals surface area contributed by atoms with Crippen LogP contribution in [0.1, 0.15) is 373 Å². The second-order valence-corrected chi connectivity index (χ2v) is 27.0. The molecule has 0 saturated carbocycles. The number of rotatable bonds is 66. The molecule has 9 heteroatoms. The van der Waals surface area contributed by atoms with Crippen molar-refractivity contribution < 1.29 is 32.9 Å². The second kappa shape index (κ2) is 60.8. The SMILES string of the molecule is CCCCCCCCCCCCCCCCCC/C=C\CCCCCCCCCCCCCCCCCCCC(=O)NC(COP(=O)([O-])OCC[N+](C)(C)C)C(O)CCCCCCCCCCCCCCCCCCCCC. The summed E-state index contributed by atoms with van der Waals surface area (Å²) < 4.78 is 23.5. The Balaban J connectivity index is 3.91. The highest BCUT2D eigenvalue weighted by Crippen LogP contribution is 2.38. The van der Waals surface area contributed by atoms with Crippen LogP contribution in [0, 0.1) is 0 Å². The normalized spacial score (nSPS) is 13.7. The lowest BCUT2D eigenvalue weighted by Crippen LogP contribution is -2.46. The summed E-state index contributed by atoms with van der Waals surface area (Å²) >= 11 is 0. The summed E-state index contributed by atoms with van der Waals surface area (Å²) in [6.45, 7) is 4.79. The van der Waals surface area contributed by atoms with E-state index >= 15 is 0 Å². The van der Waals surface area contributed by atoms with E-state index in [1.165, 1.54) is 308 Å². The minimum absolute atomic E-state index is 0.0156. The fourth-order valence-electron chi connectivity index (χ4n) is 11.0. The van der Waals surface area contributed by atoms with Crippen LogP contribution >= 0.6 is 7.82 Å². The lowest BCUT2D eigenvalue weighted by molar-refractivity contribution is -0.870. The summed E-state index contributed by atoms with van der Waals surface area (Å²) in [5.74, 6) is -0.156. The number of nitrogens with zero attached hydrogens (tertiary/aromatic N) is 1. The van der Waals surface area contributed by atoms with Crippen molar-refractivity contribution in [2.24, 2.45) is 0 Å². The lowest BCUT2D eigenvalue weighted by atomic mass is 10.0. The summed E-state index contributed by atoms with van der Waals surface area (Å²) in [4.78, 5) is 25.6. The van der Waals surface area contributed by atoms with Gasteiger partial charge in [0.2, 0.25) is 5.91 Å². The summed E-state index contributed by atoms with van der Waals surface area (Å²) in [6, 6.07) is -0.798. The molecule has 3 atom stereocenters. The van der Waals surface area contributed by atoms with Crippen molar-refractivity contribution in [3.63, 3.8) is 0 Å². The van der Waals surface area contributed by atoms with Crippen LogP contribution in [0.3, 0.4) is 0 Å². The number of nitrogens with one attached hydrogen (secondary N) is 1. The number of allylic oxidation sites excluding steroid dienone is 2. The topological polar surface area (TPSA) is 108 Å². The molecule has 0 saturated heterocycles.